The third-order valence-corrected chi connectivity index (χ3v) is 1.97. The molecule has 0 spiro atoms. The lowest BCUT2D eigenvalue weighted by molar-refractivity contribution is 0.145. The fraction of sp³-hybridized carbons (Fsp3) is 1.00. The minimum atomic E-state index is 0. The number of halogens is 1. The summed E-state index contributed by atoms with van der Waals surface area (Å²) in [5, 5.41) is 0. The molecule has 1 unspecified atom stereocenters. The van der Waals surface area contributed by atoms with Gasteiger partial charge in [-0.2, -0.15) is 0 Å². The lowest BCUT2D eigenvalue weighted by Crippen LogP contribution is -2.20. The van der Waals surface area contributed by atoms with Crippen LogP contribution in [-0.4, -0.2) is 20.3 Å². The molecule has 0 saturated heterocycles. The maximum atomic E-state index is 5.52. The minimum Gasteiger partial charge on any atom is -0.384 e. The van der Waals surface area contributed by atoms with E-state index in [0.717, 1.165) is 19.1 Å². The summed E-state index contributed by atoms with van der Waals surface area (Å²) in [5.74, 6) is 1.52. The topological polar surface area (TPSA) is 35.2 Å². The second kappa shape index (κ2) is 4.94. The molecule has 1 aliphatic rings. The van der Waals surface area contributed by atoms with Crippen LogP contribution in [0.4, 0.5) is 0 Å². The summed E-state index contributed by atoms with van der Waals surface area (Å²) in [7, 11) is 1.74. The summed E-state index contributed by atoms with van der Waals surface area (Å²) in [4.78, 5) is 0. The van der Waals surface area contributed by atoms with E-state index < -0.39 is 0 Å². The number of hydrogen-bond donors (Lipinski definition) is 1. The second-order valence-corrected chi connectivity index (χ2v) is 2.79. The quantitative estimate of drug-likeness (QED) is 0.676. The van der Waals surface area contributed by atoms with Crippen molar-refractivity contribution in [1.82, 2.24) is 0 Å². The Hall–Kier alpha value is 0.210. The Bertz CT molecular complexity index is 85.7. The average Bonchev–Trinajstić information content (AvgIpc) is 2.64. The summed E-state index contributed by atoms with van der Waals surface area (Å²) in [5.41, 5.74) is 5.52. The van der Waals surface area contributed by atoms with Gasteiger partial charge in [0.1, 0.15) is 0 Å². The molecule has 3 heteroatoms. The largest absolute Gasteiger partial charge is 0.384 e. The molecule has 0 heterocycles. The van der Waals surface area contributed by atoms with Gasteiger partial charge in [0.15, 0.2) is 0 Å². The Labute approximate surface area is 68.5 Å². The molecule has 0 aromatic rings. The lowest BCUT2D eigenvalue weighted by atomic mass is 10.1. The Kier molecular flexibility index (Phi) is 5.04. The van der Waals surface area contributed by atoms with Crippen LogP contribution < -0.4 is 5.73 Å². The first kappa shape index (κ1) is 10.2. The highest BCUT2D eigenvalue weighted by molar-refractivity contribution is 5.85. The number of methoxy groups -OCH3 is 1. The summed E-state index contributed by atoms with van der Waals surface area (Å²) in [6, 6.07) is 0. The molecule has 0 radical (unpaired) electrons. The van der Waals surface area contributed by atoms with Crippen LogP contribution in [0, 0.1) is 11.8 Å². The van der Waals surface area contributed by atoms with Crippen LogP contribution in [0.1, 0.15) is 12.8 Å². The highest BCUT2D eigenvalue weighted by Crippen LogP contribution is 2.36. The van der Waals surface area contributed by atoms with E-state index in [1.54, 1.807) is 7.11 Å². The van der Waals surface area contributed by atoms with Crippen LogP contribution in [0.5, 0.6) is 0 Å². The summed E-state index contributed by atoms with van der Waals surface area (Å²) in [6.07, 6.45) is 2.73. The van der Waals surface area contributed by atoms with Crippen LogP contribution in [-0.2, 0) is 4.74 Å². The molecule has 2 nitrogen and oxygen atoms in total. The monoisotopic (exact) mass is 165 g/mol. The molecule has 0 aromatic carbocycles. The number of hydrogen-bond acceptors (Lipinski definition) is 2. The lowest BCUT2D eigenvalue weighted by Gasteiger charge is -2.10. The Morgan fingerprint density at radius 1 is 1.60 bits per heavy atom. The van der Waals surface area contributed by atoms with Crippen molar-refractivity contribution < 1.29 is 4.74 Å². The summed E-state index contributed by atoms with van der Waals surface area (Å²) < 4.78 is 5.02. The Morgan fingerprint density at radius 3 is 2.50 bits per heavy atom. The van der Waals surface area contributed by atoms with Crippen molar-refractivity contribution in [2.45, 2.75) is 12.8 Å². The first-order chi connectivity index (χ1) is 4.38. The van der Waals surface area contributed by atoms with Crippen molar-refractivity contribution in [1.29, 1.82) is 0 Å². The van der Waals surface area contributed by atoms with Gasteiger partial charge in [0, 0.05) is 7.11 Å². The number of ether oxygens (including phenoxy) is 1. The molecule has 1 fully saturated rings. The average molecular weight is 166 g/mol. The van der Waals surface area contributed by atoms with Crippen LogP contribution in [0.25, 0.3) is 0 Å². The van der Waals surface area contributed by atoms with Crippen LogP contribution in [0.2, 0.25) is 0 Å². The van der Waals surface area contributed by atoms with Gasteiger partial charge >= 0.3 is 0 Å². The molecule has 1 saturated carbocycles. The smallest absolute Gasteiger partial charge is 0.0505 e. The van der Waals surface area contributed by atoms with E-state index in [2.05, 4.69) is 0 Å². The Balaban J connectivity index is 0.000000810. The molecule has 0 aromatic heterocycles. The van der Waals surface area contributed by atoms with Gasteiger partial charge in [0.25, 0.3) is 0 Å². The van der Waals surface area contributed by atoms with Crippen LogP contribution in [0.3, 0.4) is 0 Å². The maximum absolute atomic E-state index is 5.52. The zero-order valence-corrected chi connectivity index (χ0v) is 7.19. The second-order valence-electron chi connectivity index (χ2n) is 2.79. The molecule has 1 rings (SSSR count). The predicted molar refractivity (Wildman–Crippen MR) is 44.4 cm³/mol. The van der Waals surface area contributed by atoms with Gasteiger partial charge < -0.3 is 10.5 Å². The van der Waals surface area contributed by atoms with E-state index in [-0.39, 0.29) is 12.4 Å². The molecule has 1 atom stereocenters. The zero-order valence-electron chi connectivity index (χ0n) is 6.38. The third-order valence-electron chi connectivity index (χ3n) is 1.97. The van der Waals surface area contributed by atoms with Gasteiger partial charge in [-0.3, -0.25) is 0 Å². The van der Waals surface area contributed by atoms with E-state index in [4.69, 9.17) is 10.5 Å². The van der Waals surface area contributed by atoms with E-state index in [0.29, 0.717) is 5.92 Å². The van der Waals surface area contributed by atoms with E-state index in [9.17, 15) is 0 Å². The SMILES string of the molecule is COCC(CN)C1CC1.Cl. The molecule has 62 valence electrons. The normalized spacial score (nSPS) is 19.8. The fourth-order valence-corrected chi connectivity index (χ4v) is 1.18. The predicted octanol–water partition coefficient (Wildman–Crippen LogP) is 1.04. The standard InChI is InChI=1S/C7H15NO.ClH/c1-9-5-7(4-8)6-2-3-6;/h6-7H,2-5,8H2,1H3;1H. The first-order valence-electron chi connectivity index (χ1n) is 3.57. The number of rotatable bonds is 4. The van der Waals surface area contributed by atoms with E-state index >= 15 is 0 Å². The fourth-order valence-electron chi connectivity index (χ4n) is 1.18. The van der Waals surface area contributed by atoms with Gasteiger partial charge in [-0.1, -0.05) is 0 Å². The maximum Gasteiger partial charge on any atom is 0.0505 e. The van der Waals surface area contributed by atoms with Crippen molar-refractivity contribution in [3.63, 3.8) is 0 Å². The van der Waals surface area contributed by atoms with Crippen molar-refractivity contribution in [2.75, 3.05) is 20.3 Å². The van der Waals surface area contributed by atoms with Gasteiger partial charge in [-0.05, 0) is 31.2 Å². The third kappa shape index (κ3) is 2.86. The molecular formula is C7H16ClNO. The van der Waals surface area contributed by atoms with Gasteiger partial charge in [-0.15, -0.1) is 12.4 Å². The molecule has 0 amide bonds. The summed E-state index contributed by atoms with van der Waals surface area (Å²) in [6.45, 7) is 1.64. The van der Waals surface area contributed by atoms with Gasteiger partial charge in [0.2, 0.25) is 0 Å². The zero-order chi connectivity index (χ0) is 6.69. The number of nitrogens with two attached hydrogens (primary N) is 1. The molecular weight excluding hydrogens is 150 g/mol. The molecule has 1 aliphatic carbocycles. The molecule has 2 N–H and O–H groups in total. The van der Waals surface area contributed by atoms with Gasteiger partial charge in [-0.25, -0.2) is 0 Å². The highest BCUT2D eigenvalue weighted by atomic mass is 35.5. The van der Waals surface area contributed by atoms with Crippen LogP contribution >= 0.6 is 12.4 Å². The van der Waals surface area contributed by atoms with Crippen molar-refractivity contribution in [3.8, 4) is 0 Å². The van der Waals surface area contributed by atoms with Gasteiger partial charge in [0.05, 0.1) is 6.61 Å². The van der Waals surface area contributed by atoms with E-state index in [1.165, 1.54) is 12.8 Å². The highest BCUT2D eigenvalue weighted by Gasteiger charge is 2.29. The van der Waals surface area contributed by atoms with Crippen molar-refractivity contribution in [2.24, 2.45) is 17.6 Å². The van der Waals surface area contributed by atoms with Crippen molar-refractivity contribution >= 4 is 12.4 Å². The van der Waals surface area contributed by atoms with Crippen molar-refractivity contribution in [3.05, 3.63) is 0 Å². The van der Waals surface area contributed by atoms with E-state index in [1.807, 2.05) is 0 Å². The first-order valence-corrected chi connectivity index (χ1v) is 3.57. The Morgan fingerprint density at radius 2 is 2.20 bits per heavy atom. The minimum absolute atomic E-state index is 0. The molecule has 0 bridgehead atoms. The van der Waals surface area contributed by atoms with Crippen LogP contribution in [0.15, 0.2) is 0 Å². The summed E-state index contributed by atoms with van der Waals surface area (Å²) >= 11 is 0. The molecule has 10 heavy (non-hydrogen) atoms. The molecule has 0 aliphatic heterocycles.